The van der Waals surface area contributed by atoms with Crippen LogP contribution in [0.5, 0.6) is 0 Å². The van der Waals surface area contributed by atoms with Crippen LogP contribution in [0.25, 0.3) is 0 Å². The minimum absolute atomic E-state index is 0.0225. The summed E-state index contributed by atoms with van der Waals surface area (Å²) in [7, 11) is 1.66. The molecule has 0 radical (unpaired) electrons. The monoisotopic (exact) mass is 555 g/mol. The van der Waals surface area contributed by atoms with E-state index >= 15 is 4.39 Å². The van der Waals surface area contributed by atoms with Gasteiger partial charge in [-0.15, -0.1) is 0 Å². The van der Waals surface area contributed by atoms with Gasteiger partial charge in [-0.3, -0.25) is 4.79 Å². The van der Waals surface area contributed by atoms with Gasteiger partial charge in [0.05, 0.1) is 17.9 Å². The molecule has 1 amide bonds. The molecule has 5 aliphatic rings. The van der Waals surface area contributed by atoms with Gasteiger partial charge in [-0.2, -0.15) is 0 Å². The predicted molar refractivity (Wildman–Crippen MR) is 153 cm³/mol. The number of anilines is 1. The lowest BCUT2D eigenvalue weighted by atomic mass is 9.47. The van der Waals surface area contributed by atoms with Crippen LogP contribution in [-0.2, 0) is 14.3 Å². The summed E-state index contributed by atoms with van der Waals surface area (Å²) in [5.74, 6) is 0.639. The van der Waals surface area contributed by atoms with Crippen LogP contribution in [0.1, 0.15) is 92.4 Å². The second kappa shape index (κ2) is 9.90. The number of fused-ring (bicyclic) bond motifs is 7. The van der Waals surface area contributed by atoms with Crippen LogP contribution in [-0.4, -0.2) is 30.9 Å². The third kappa shape index (κ3) is 4.38. The molecule has 6 rings (SSSR count). The molecule has 9 atom stereocenters. The fraction of sp³-hybridized carbons (Fsp3) is 0.735. The van der Waals surface area contributed by atoms with Crippen molar-refractivity contribution >= 4 is 11.6 Å². The number of benzene rings is 1. The van der Waals surface area contributed by atoms with Crippen molar-refractivity contribution in [2.75, 3.05) is 11.9 Å². The number of amides is 1. The number of allylic oxidation sites excluding steroid dienone is 2. The number of carbonyl (C=O) groups excluding carboxylic acids is 1. The van der Waals surface area contributed by atoms with Crippen molar-refractivity contribution in [1.29, 1.82) is 0 Å². The molecule has 6 heteroatoms. The third-order valence-electron chi connectivity index (χ3n) is 12.2. The van der Waals surface area contributed by atoms with Crippen molar-refractivity contribution in [3.63, 3.8) is 0 Å². The van der Waals surface area contributed by atoms with Gasteiger partial charge in [-0.25, -0.2) is 8.78 Å². The van der Waals surface area contributed by atoms with Gasteiger partial charge in [0.25, 0.3) is 0 Å². The topological polar surface area (TPSA) is 38.8 Å². The lowest BCUT2D eigenvalue weighted by Gasteiger charge is -2.58. The second-order valence-corrected chi connectivity index (χ2v) is 14.6. The average molecular weight is 556 g/mol. The first-order valence-electron chi connectivity index (χ1n) is 15.6. The molecule has 1 saturated heterocycles. The molecule has 0 aromatic heterocycles. The number of para-hydroxylation sites is 1. The Hall–Kier alpha value is -1.79. The molecule has 4 nitrogen and oxygen atoms in total. The Balaban J connectivity index is 1.17. The first-order valence-corrected chi connectivity index (χ1v) is 15.6. The Morgan fingerprint density at radius 2 is 1.70 bits per heavy atom. The highest BCUT2D eigenvalue weighted by Gasteiger charge is 2.63. The molecule has 1 heterocycles. The smallest absolute Gasteiger partial charge is 0.226 e. The number of carbonyl (C=O) groups is 1. The van der Waals surface area contributed by atoms with Gasteiger partial charge >= 0.3 is 0 Å². The van der Waals surface area contributed by atoms with Crippen molar-refractivity contribution < 1.29 is 23.0 Å². The number of hydrogen-bond donors (Lipinski definition) is 0. The fourth-order valence-corrected chi connectivity index (χ4v) is 10.1. The number of nitrogens with zero attached hydrogens (tertiary/aromatic N) is 1. The van der Waals surface area contributed by atoms with E-state index in [0.29, 0.717) is 30.4 Å². The molecule has 1 aliphatic heterocycles. The lowest BCUT2D eigenvalue weighted by molar-refractivity contribution is -0.154. The normalized spacial score (nSPS) is 40.6. The number of hydrogen-bond acceptors (Lipinski definition) is 3. The van der Waals surface area contributed by atoms with E-state index in [0.717, 1.165) is 50.5 Å². The number of halogens is 2. The SMILES string of the molecule is C[C@H](CCC(=O)N(C)c1ccccc1F)[C@H]1CC[C@H]2C3=C(F)C[C@H]4[C@H]5OC(C)(C)O[C@H]5CC[C@]4(C)[C@H]3CC[C@]12C. The predicted octanol–water partition coefficient (Wildman–Crippen LogP) is 8.21. The molecule has 0 spiro atoms. The Labute approximate surface area is 238 Å². The quantitative estimate of drug-likeness (QED) is 0.368. The van der Waals surface area contributed by atoms with Gasteiger partial charge in [-0.1, -0.05) is 32.9 Å². The molecular formula is C34H47F2NO3. The molecule has 0 unspecified atom stereocenters. The molecule has 220 valence electrons. The molecule has 40 heavy (non-hydrogen) atoms. The van der Waals surface area contributed by atoms with Gasteiger partial charge in [0.15, 0.2) is 5.79 Å². The van der Waals surface area contributed by atoms with E-state index in [1.54, 1.807) is 25.2 Å². The van der Waals surface area contributed by atoms with Crippen LogP contribution in [0.2, 0.25) is 0 Å². The average Bonchev–Trinajstić information content (AvgIpc) is 3.43. The van der Waals surface area contributed by atoms with Crippen LogP contribution in [0.4, 0.5) is 14.5 Å². The van der Waals surface area contributed by atoms with Crippen molar-refractivity contribution in [1.82, 2.24) is 0 Å². The summed E-state index contributed by atoms with van der Waals surface area (Å²) in [4.78, 5) is 14.4. The highest BCUT2D eigenvalue weighted by molar-refractivity contribution is 5.92. The molecule has 3 saturated carbocycles. The van der Waals surface area contributed by atoms with E-state index in [-0.39, 0.29) is 58.3 Å². The maximum Gasteiger partial charge on any atom is 0.226 e. The zero-order valence-electron chi connectivity index (χ0n) is 25.1. The zero-order valence-corrected chi connectivity index (χ0v) is 25.1. The molecule has 1 aromatic carbocycles. The summed E-state index contributed by atoms with van der Waals surface area (Å²) in [6, 6.07) is 6.43. The van der Waals surface area contributed by atoms with Crippen LogP contribution in [0.3, 0.4) is 0 Å². The minimum Gasteiger partial charge on any atom is -0.345 e. The summed E-state index contributed by atoms with van der Waals surface area (Å²) in [5.41, 5.74) is 1.56. The van der Waals surface area contributed by atoms with Crippen molar-refractivity contribution in [2.24, 2.45) is 40.4 Å². The highest BCUT2D eigenvalue weighted by Crippen LogP contribution is 2.69. The second-order valence-electron chi connectivity index (χ2n) is 14.6. The minimum atomic E-state index is -0.591. The van der Waals surface area contributed by atoms with Crippen molar-refractivity contribution in [3.05, 3.63) is 41.5 Å². The van der Waals surface area contributed by atoms with E-state index < -0.39 is 5.79 Å². The Morgan fingerprint density at radius 3 is 2.45 bits per heavy atom. The first kappa shape index (κ1) is 28.3. The summed E-state index contributed by atoms with van der Waals surface area (Å²) in [6.07, 6.45) is 8.01. The van der Waals surface area contributed by atoms with Crippen LogP contribution < -0.4 is 4.90 Å². The molecule has 4 aliphatic carbocycles. The first-order chi connectivity index (χ1) is 18.9. The number of rotatable bonds is 5. The van der Waals surface area contributed by atoms with E-state index in [1.807, 2.05) is 13.8 Å². The van der Waals surface area contributed by atoms with Gasteiger partial charge in [-0.05, 0) is 117 Å². The van der Waals surface area contributed by atoms with Crippen molar-refractivity contribution in [2.45, 2.75) is 110 Å². The molecule has 4 fully saturated rings. The molecule has 1 aromatic rings. The van der Waals surface area contributed by atoms with Gasteiger partial charge < -0.3 is 14.4 Å². The van der Waals surface area contributed by atoms with Gasteiger partial charge in [0.2, 0.25) is 5.91 Å². The zero-order chi connectivity index (χ0) is 28.6. The third-order valence-corrected chi connectivity index (χ3v) is 12.2. The summed E-state index contributed by atoms with van der Waals surface area (Å²) < 4.78 is 43.1. The Kier molecular flexibility index (Phi) is 7.01. The van der Waals surface area contributed by atoms with E-state index in [1.165, 1.54) is 11.0 Å². The highest BCUT2D eigenvalue weighted by atomic mass is 19.1. The Bertz CT molecular complexity index is 1200. The summed E-state index contributed by atoms with van der Waals surface area (Å²) in [6.45, 7) is 11.1. The van der Waals surface area contributed by atoms with Crippen LogP contribution in [0.15, 0.2) is 35.7 Å². The largest absolute Gasteiger partial charge is 0.345 e. The van der Waals surface area contributed by atoms with Crippen LogP contribution >= 0.6 is 0 Å². The van der Waals surface area contributed by atoms with E-state index in [4.69, 9.17) is 9.47 Å². The standard InChI is InChI=1S/C34H47F2NO3/c1-20(11-14-29(38)37(6)27-10-8-7-9-25(27)35)21-12-13-22-30-23(15-17-33(21,22)4)34(5)18-16-28-31(24(34)19-26(30)36)40-32(2,3)39-28/h7-10,20-24,28,31H,11-19H2,1-6H3/t20-,21-,22+,23+,24+,28+,31-,33-,34-/m1/s1. The number of ether oxygens (including phenoxy) is 2. The van der Waals surface area contributed by atoms with Crippen molar-refractivity contribution in [3.8, 4) is 0 Å². The van der Waals surface area contributed by atoms with Gasteiger partial charge in [0.1, 0.15) is 11.6 Å². The molecule has 0 N–H and O–H groups in total. The Morgan fingerprint density at radius 1 is 1.00 bits per heavy atom. The summed E-state index contributed by atoms with van der Waals surface area (Å²) >= 11 is 0. The maximum atomic E-state index is 16.3. The van der Waals surface area contributed by atoms with E-state index in [9.17, 15) is 9.18 Å². The molecular weight excluding hydrogens is 508 g/mol. The fourth-order valence-electron chi connectivity index (χ4n) is 10.1. The maximum absolute atomic E-state index is 16.3. The van der Waals surface area contributed by atoms with E-state index in [2.05, 4.69) is 20.8 Å². The lowest BCUT2D eigenvalue weighted by Crippen LogP contribution is -2.55. The van der Waals surface area contributed by atoms with Crippen LogP contribution in [0, 0.1) is 46.2 Å². The van der Waals surface area contributed by atoms with Gasteiger partial charge in [0, 0.05) is 19.9 Å². The summed E-state index contributed by atoms with van der Waals surface area (Å²) in [5, 5.41) is 0. The molecule has 0 bridgehead atoms.